The summed E-state index contributed by atoms with van der Waals surface area (Å²) >= 11 is 10.6. The summed E-state index contributed by atoms with van der Waals surface area (Å²) in [4.78, 5) is 6.93. The fourth-order valence-electron chi connectivity index (χ4n) is 2.39. The summed E-state index contributed by atoms with van der Waals surface area (Å²) in [7, 11) is 0. The maximum atomic E-state index is 6.69. The largest absolute Gasteiger partial charge is 0.265 e. The van der Waals surface area contributed by atoms with Gasteiger partial charge in [0.05, 0.1) is 5.38 Å². The van der Waals surface area contributed by atoms with E-state index < -0.39 is 0 Å². The third-order valence-electron chi connectivity index (χ3n) is 3.59. The molecule has 3 heterocycles. The van der Waals surface area contributed by atoms with Crippen LogP contribution < -0.4 is 0 Å². The van der Waals surface area contributed by atoms with Gasteiger partial charge in [0.1, 0.15) is 0 Å². The molecule has 4 heteroatoms. The van der Waals surface area contributed by atoms with Crippen molar-refractivity contribution >= 4 is 34.7 Å². The van der Waals surface area contributed by atoms with E-state index in [0.717, 1.165) is 5.75 Å². The molecule has 2 atom stereocenters. The van der Waals surface area contributed by atoms with Crippen LogP contribution in [0.1, 0.15) is 39.1 Å². The van der Waals surface area contributed by atoms with E-state index in [-0.39, 0.29) is 5.38 Å². The Morgan fingerprint density at radius 1 is 1.32 bits per heavy atom. The lowest BCUT2D eigenvalue weighted by Crippen LogP contribution is -2.01. The van der Waals surface area contributed by atoms with Gasteiger partial charge >= 0.3 is 0 Å². The number of halogens is 1. The van der Waals surface area contributed by atoms with E-state index in [1.54, 1.807) is 4.88 Å². The molecule has 0 N–H and O–H groups in total. The molecule has 1 aliphatic rings. The Labute approximate surface area is 127 Å². The zero-order valence-corrected chi connectivity index (χ0v) is 13.2. The monoisotopic (exact) mass is 309 g/mol. The minimum Gasteiger partial charge on any atom is -0.265 e. The lowest BCUT2D eigenvalue weighted by atomic mass is 9.97. The van der Waals surface area contributed by atoms with Gasteiger partial charge in [-0.3, -0.25) is 4.98 Å². The summed E-state index contributed by atoms with van der Waals surface area (Å²) in [6, 6.07) is 6.44. The molecule has 0 spiro atoms. The molecule has 2 unspecified atom stereocenters. The highest BCUT2D eigenvalue weighted by Crippen LogP contribution is 2.42. The first-order chi connectivity index (χ1) is 9.25. The van der Waals surface area contributed by atoms with E-state index in [1.165, 1.54) is 28.2 Å². The van der Waals surface area contributed by atoms with Crippen molar-refractivity contribution in [2.45, 2.75) is 30.4 Å². The molecule has 0 radical (unpaired) electrons. The van der Waals surface area contributed by atoms with Gasteiger partial charge in [-0.25, -0.2) is 0 Å². The van der Waals surface area contributed by atoms with Crippen LogP contribution in [0, 0.1) is 0 Å². The van der Waals surface area contributed by atoms with Crippen LogP contribution >= 0.6 is 34.7 Å². The van der Waals surface area contributed by atoms with E-state index in [1.807, 2.05) is 35.5 Å². The Morgan fingerprint density at radius 3 is 2.84 bits per heavy atom. The summed E-state index contributed by atoms with van der Waals surface area (Å²) in [6.45, 7) is 2.19. The lowest BCUT2D eigenvalue weighted by molar-refractivity contribution is 0.740. The summed E-state index contributed by atoms with van der Waals surface area (Å²) in [5, 5.41) is 0.0583. The second kappa shape index (κ2) is 5.86. The van der Waals surface area contributed by atoms with Gasteiger partial charge < -0.3 is 0 Å². The van der Waals surface area contributed by atoms with Crippen molar-refractivity contribution < 1.29 is 0 Å². The molecule has 0 amide bonds. The number of hydrogen-bond acceptors (Lipinski definition) is 3. The van der Waals surface area contributed by atoms with Gasteiger partial charge in [-0.15, -0.1) is 22.9 Å². The van der Waals surface area contributed by atoms with Crippen molar-refractivity contribution in [3.05, 3.63) is 51.5 Å². The first-order valence-corrected chi connectivity index (χ1v) is 8.89. The Kier molecular flexibility index (Phi) is 4.15. The molecule has 0 aromatic carbocycles. The average molecular weight is 310 g/mol. The minimum absolute atomic E-state index is 0.0583. The molecular weight excluding hydrogens is 294 g/mol. The summed E-state index contributed by atoms with van der Waals surface area (Å²) in [6.07, 6.45) is 4.88. The van der Waals surface area contributed by atoms with Gasteiger partial charge in [-0.2, -0.15) is 11.8 Å². The second-order valence-electron chi connectivity index (χ2n) is 4.87. The SMILES string of the molecule is CC(c1ccncc1)C(Cl)c1cc2c(s1)CCSC2. The van der Waals surface area contributed by atoms with E-state index in [0.29, 0.717) is 5.92 Å². The van der Waals surface area contributed by atoms with Crippen molar-refractivity contribution in [1.29, 1.82) is 0 Å². The smallest absolute Gasteiger partial charge is 0.0744 e. The molecule has 3 rings (SSSR count). The zero-order valence-electron chi connectivity index (χ0n) is 10.8. The van der Waals surface area contributed by atoms with Gasteiger partial charge in [0.25, 0.3) is 0 Å². The second-order valence-corrected chi connectivity index (χ2v) is 7.61. The molecule has 0 saturated carbocycles. The Morgan fingerprint density at radius 2 is 2.11 bits per heavy atom. The van der Waals surface area contributed by atoms with Gasteiger partial charge in [-0.1, -0.05) is 6.92 Å². The van der Waals surface area contributed by atoms with Crippen LogP contribution in [0.2, 0.25) is 0 Å². The number of aryl methyl sites for hydroxylation is 1. The number of alkyl halides is 1. The van der Waals surface area contributed by atoms with Crippen LogP contribution in [-0.4, -0.2) is 10.7 Å². The van der Waals surface area contributed by atoms with E-state index in [2.05, 4.69) is 30.1 Å². The zero-order chi connectivity index (χ0) is 13.2. The van der Waals surface area contributed by atoms with Crippen LogP contribution in [0.4, 0.5) is 0 Å². The van der Waals surface area contributed by atoms with E-state index >= 15 is 0 Å². The molecule has 0 saturated heterocycles. The molecule has 2 aromatic rings. The van der Waals surface area contributed by atoms with Crippen LogP contribution in [0.3, 0.4) is 0 Å². The summed E-state index contributed by atoms with van der Waals surface area (Å²) in [5.74, 6) is 2.72. The number of fused-ring (bicyclic) bond motifs is 1. The number of hydrogen-bond donors (Lipinski definition) is 0. The maximum Gasteiger partial charge on any atom is 0.0744 e. The van der Waals surface area contributed by atoms with Crippen LogP contribution in [0.15, 0.2) is 30.6 Å². The van der Waals surface area contributed by atoms with Gasteiger partial charge in [-0.05, 0) is 41.5 Å². The molecule has 0 bridgehead atoms. The molecule has 19 heavy (non-hydrogen) atoms. The minimum atomic E-state index is 0.0583. The molecule has 2 aromatic heterocycles. The van der Waals surface area contributed by atoms with Crippen molar-refractivity contribution in [3.8, 4) is 0 Å². The average Bonchev–Trinajstić information content (AvgIpc) is 2.90. The number of nitrogens with zero attached hydrogens (tertiary/aromatic N) is 1. The quantitative estimate of drug-likeness (QED) is 0.739. The topological polar surface area (TPSA) is 12.9 Å². The third kappa shape index (κ3) is 2.83. The fraction of sp³-hybridized carbons (Fsp3) is 0.400. The van der Waals surface area contributed by atoms with Crippen molar-refractivity contribution in [2.75, 3.05) is 5.75 Å². The van der Waals surface area contributed by atoms with Crippen LogP contribution in [0.5, 0.6) is 0 Å². The van der Waals surface area contributed by atoms with E-state index in [9.17, 15) is 0 Å². The molecule has 100 valence electrons. The Balaban J connectivity index is 1.83. The molecule has 0 aliphatic carbocycles. The van der Waals surface area contributed by atoms with Gasteiger partial charge in [0.2, 0.25) is 0 Å². The van der Waals surface area contributed by atoms with Gasteiger partial charge in [0, 0.05) is 33.8 Å². The molecule has 0 fully saturated rings. The van der Waals surface area contributed by atoms with Gasteiger partial charge in [0.15, 0.2) is 0 Å². The number of pyridine rings is 1. The summed E-state index contributed by atoms with van der Waals surface area (Å²) in [5.41, 5.74) is 2.76. The Hall–Kier alpha value is -0.510. The van der Waals surface area contributed by atoms with Crippen molar-refractivity contribution in [1.82, 2.24) is 4.98 Å². The highest BCUT2D eigenvalue weighted by atomic mass is 35.5. The number of rotatable bonds is 3. The summed E-state index contributed by atoms with van der Waals surface area (Å²) < 4.78 is 0. The van der Waals surface area contributed by atoms with Crippen LogP contribution in [-0.2, 0) is 12.2 Å². The van der Waals surface area contributed by atoms with Crippen molar-refractivity contribution in [3.63, 3.8) is 0 Å². The fourth-order valence-corrected chi connectivity index (χ4v) is 5.19. The Bertz CT molecular complexity index is 529. The third-order valence-corrected chi connectivity index (χ3v) is 6.66. The maximum absolute atomic E-state index is 6.69. The number of thioether (sulfide) groups is 1. The number of thiophene rings is 1. The first-order valence-electron chi connectivity index (χ1n) is 6.49. The first kappa shape index (κ1) is 13.5. The van der Waals surface area contributed by atoms with E-state index in [4.69, 9.17) is 11.6 Å². The molecule has 1 aliphatic heterocycles. The highest BCUT2D eigenvalue weighted by Gasteiger charge is 2.23. The van der Waals surface area contributed by atoms with Crippen LogP contribution in [0.25, 0.3) is 0 Å². The lowest BCUT2D eigenvalue weighted by Gasteiger charge is -2.16. The standard InChI is InChI=1S/C15H16ClNS2/c1-10(11-2-5-17-6-3-11)15(16)14-8-12-9-18-7-4-13(12)19-14/h2-3,5-6,8,10,15H,4,7,9H2,1H3. The normalized spacial score (nSPS) is 17.8. The van der Waals surface area contributed by atoms with Crippen molar-refractivity contribution in [2.24, 2.45) is 0 Å². The predicted octanol–water partition coefficient (Wildman–Crippen LogP) is 5.02. The molecule has 1 nitrogen and oxygen atoms in total. The molecular formula is C15H16ClNS2. The predicted molar refractivity (Wildman–Crippen MR) is 85.4 cm³/mol. The number of aromatic nitrogens is 1. The highest BCUT2D eigenvalue weighted by molar-refractivity contribution is 7.98.